The maximum absolute atomic E-state index is 12.7. The molecule has 0 spiro atoms. The molecule has 2 aromatic heterocycles. The Labute approximate surface area is 179 Å². The van der Waals surface area contributed by atoms with Crippen LogP contribution in [0.25, 0.3) is 11.5 Å². The Morgan fingerprint density at radius 2 is 1.97 bits per heavy atom. The van der Waals surface area contributed by atoms with Crippen LogP contribution in [0.3, 0.4) is 0 Å². The lowest BCUT2D eigenvalue weighted by atomic mass is 10.0. The van der Waals surface area contributed by atoms with Crippen molar-refractivity contribution in [2.45, 2.75) is 13.5 Å². The van der Waals surface area contributed by atoms with Gasteiger partial charge in [-0.1, -0.05) is 12.1 Å². The monoisotopic (exact) mass is 445 g/mol. The predicted octanol–water partition coefficient (Wildman–Crippen LogP) is 1.40. The minimum Gasteiger partial charge on any atom is -0.423 e. The molecule has 4 rings (SSSR count). The number of piperazine rings is 1. The fourth-order valence-electron chi connectivity index (χ4n) is 3.46. The summed E-state index contributed by atoms with van der Waals surface area (Å²) < 4.78 is 31.3. The Balaban J connectivity index is 1.35. The van der Waals surface area contributed by atoms with Gasteiger partial charge in [0.15, 0.2) is 5.82 Å². The summed E-state index contributed by atoms with van der Waals surface area (Å²) in [6, 6.07) is 7.34. The van der Waals surface area contributed by atoms with E-state index in [9.17, 15) is 13.2 Å². The number of rotatable bonds is 5. The van der Waals surface area contributed by atoms with Crippen LogP contribution in [-0.2, 0) is 16.6 Å². The zero-order chi connectivity index (χ0) is 22.0. The van der Waals surface area contributed by atoms with E-state index in [2.05, 4.69) is 37.1 Å². The molecular formula is C19H23N7O4S. The Kier molecular flexibility index (Phi) is 5.74. The van der Waals surface area contributed by atoms with Crippen molar-refractivity contribution in [2.75, 3.05) is 37.2 Å². The van der Waals surface area contributed by atoms with Gasteiger partial charge in [-0.25, -0.2) is 13.2 Å². The number of hydrogen-bond donors (Lipinski definition) is 1. The zero-order valence-electron chi connectivity index (χ0n) is 17.2. The average Bonchev–Trinajstić information content (AvgIpc) is 3.40. The minimum atomic E-state index is -3.44. The first-order valence-corrected chi connectivity index (χ1v) is 11.6. The maximum atomic E-state index is 12.7. The molecule has 1 amide bonds. The Bertz CT molecular complexity index is 1170. The van der Waals surface area contributed by atoms with Gasteiger partial charge in [0.25, 0.3) is 0 Å². The van der Waals surface area contributed by atoms with Gasteiger partial charge in [-0.2, -0.15) is 4.68 Å². The summed E-state index contributed by atoms with van der Waals surface area (Å²) in [7, 11) is -3.44. The van der Waals surface area contributed by atoms with E-state index in [1.54, 1.807) is 4.90 Å². The van der Waals surface area contributed by atoms with Crippen molar-refractivity contribution in [1.29, 1.82) is 0 Å². The molecular weight excluding hydrogens is 422 g/mol. The molecule has 0 atom stereocenters. The van der Waals surface area contributed by atoms with Gasteiger partial charge in [0.1, 0.15) is 0 Å². The van der Waals surface area contributed by atoms with Crippen molar-refractivity contribution in [2.24, 2.45) is 0 Å². The summed E-state index contributed by atoms with van der Waals surface area (Å²) >= 11 is 0. The van der Waals surface area contributed by atoms with Crippen LogP contribution in [0, 0.1) is 6.92 Å². The Hall–Kier alpha value is -3.25. The van der Waals surface area contributed by atoms with Crippen LogP contribution >= 0.6 is 0 Å². The van der Waals surface area contributed by atoms with E-state index in [0.29, 0.717) is 32.1 Å². The molecule has 1 aliphatic heterocycles. The number of hydrogen-bond acceptors (Lipinski definition) is 8. The molecule has 1 fully saturated rings. The number of carbonyl (C=O) groups is 1. The van der Waals surface area contributed by atoms with Crippen LogP contribution in [0.2, 0.25) is 0 Å². The molecule has 0 unspecified atom stereocenters. The molecule has 3 heterocycles. The smallest absolute Gasteiger partial charge is 0.344 e. The standard InChI is InChI=1S/C19H23N7O4S/c1-14-3-4-15(11-16(14)18-21-20-13-30-18)12-24-7-9-25(10-8-24)19(27)26-6-5-17(22-26)23-31(2,28)29/h3-6,11,13H,7-10,12H2,1-2H3,(H,22,23). The second-order valence-electron chi connectivity index (χ2n) is 7.46. The van der Waals surface area contributed by atoms with Gasteiger partial charge < -0.3 is 9.32 Å². The van der Waals surface area contributed by atoms with Crippen LogP contribution in [0.15, 0.2) is 41.3 Å². The first kappa shape index (κ1) is 21.0. The molecule has 1 N–H and O–H groups in total. The third kappa shape index (κ3) is 5.09. The quantitative estimate of drug-likeness (QED) is 0.624. The number of benzene rings is 1. The van der Waals surface area contributed by atoms with Crippen LogP contribution < -0.4 is 4.72 Å². The molecule has 0 aliphatic carbocycles. The van der Waals surface area contributed by atoms with Gasteiger partial charge in [-0.3, -0.25) is 9.62 Å². The lowest BCUT2D eigenvalue weighted by Crippen LogP contribution is -2.49. The average molecular weight is 446 g/mol. The molecule has 0 bridgehead atoms. The summed E-state index contributed by atoms with van der Waals surface area (Å²) in [5.41, 5.74) is 3.11. The third-order valence-electron chi connectivity index (χ3n) is 5.02. The molecule has 31 heavy (non-hydrogen) atoms. The molecule has 1 saturated heterocycles. The molecule has 11 nitrogen and oxygen atoms in total. The highest BCUT2D eigenvalue weighted by Crippen LogP contribution is 2.23. The molecule has 1 aromatic carbocycles. The largest absolute Gasteiger partial charge is 0.423 e. The summed E-state index contributed by atoms with van der Waals surface area (Å²) in [5, 5.41) is 11.7. The fourth-order valence-corrected chi connectivity index (χ4v) is 3.95. The van der Waals surface area contributed by atoms with Gasteiger partial charge in [0.2, 0.25) is 22.3 Å². The molecule has 3 aromatic rings. The summed E-state index contributed by atoms with van der Waals surface area (Å²) in [6.07, 6.45) is 3.80. The second kappa shape index (κ2) is 8.47. The van der Waals surface area contributed by atoms with E-state index >= 15 is 0 Å². The highest BCUT2D eigenvalue weighted by atomic mass is 32.2. The SMILES string of the molecule is Cc1ccc(CN2CCN(C(=O)n3ccc(NS(C)(=O)=O)n3)CC2)cc1-c1nnco1. The number of sulfonamides is 1. The number of aryl methyl sites for hydroxylation is 1. The maximum Gasteiger partial charge on any atom is 0.344 e. The van der Waals surface area contributed by atoms with Crippen molar-refractivity contribution >= 4 is 21.9 Å². The van der Waals surface area contributed by atoms with Crippen molar-refractivity contribution in [1.82, 2.24) is 29.8 Å². The summed E-state index contributed by atoms with van der Waals surface area (Å²) in [4.78, 5) is 16.6. The van der Waals surface area contributed by atoms with Crippen molar-refractivity contribution in [3.63, 3.8) is 0 Å². The zero-order valence-corrected chi connectivity index (χ0v) is 18.0. The van der Waals surface area contributed by atoms with Crippen molar-refractivity contribution in [3.05, 3.63) is 48.0 Å². The third-order valence-corrected chi connectivity index (χ3v) is 5.60. The number of carbonyl (C=O) groups excluding carboxylic acids is 1. The molecule has 164 valence electrons. The van der Waals surface area contributed by atoms with E-state index in [-0.39, 0.29) is 11.8 Å². The highest BCUT2D eigenvalue weighted by Gasteiger charge is 2.23. The fraction of sp³-hybridized carbons (Fsp3) is 0.368. The van der Waals surface area contributed by atoms with E-state index in [1.807, 2.05) is 13.0 Å². The normalized spacial score (nSPS) is 15.2. The predicted molar refractivity (Wildman–Crippen MR) is 113 cm³/mol. The molecule has 0 saturated carbocycles. The first-order valence-electron chi connectivity index (χ1n) is 9.70. The van der Waals surface area contributed by atoms with Crippen LogP contribution in [0.4, 0.5) is 10.6 Å². The number of nitrogens with zero attached hydrogens (tertiary/aromatic N) is 6. The van der Waals surface area contributed by atoms with E-state index in [1.165, 1.54) is 18.7 Å². The number of nitrogens with one attached hydrogen (secondary N) is 1. The van der Waals surface area contributed by atoms with Crippen LogP contribution in [0.1, 0.15) is 11.1 Å². The van der Waals surface area contributed by atoms with Crippen LogP contribution in [-0.4, -0.2) is 76.7 Å². The van der Waals surface area contributed by atoms with E-state index in [4.69, 9.17) is 4.42 Å². The van der Waals surface area contributed by atoms with E-state index < -0.39 is 10.0 Å². The highest BCUT2D eigenvalue weighted by molar-refractivity contribution is 7.92. The lowest BCUT2D eigenvalue weighted by Gasteiger charge is -2.34. The number of aromatic nitrogens is 4. The second-order valence-corrected chi connectivity index (χ2v) is 9.21. The van der Waals surface area contributed by atoms with Crippen LogP contribution in [0.5, 0.6) is 0 Å². The van der Waals surface area contributed by atoms with Gasteiger partial charge in [-0.05, 0) is 24.1 Å². The van der Waals surface area contributed by atoms with Gasteiger partial charge in [0, 0.05) is 50.6 Å². The van der Waals surface area contributed by atoms with Gasteiger partial charge in [-0.15, -0.1) is 15.3 Å². The lowest BCUT2D eigenvalue weighted by molar-refractivity contribution is 0.134. The Morgan fingerprint density at radius 3 is 2.65 bits per heavy atom. The number of anilines is 1. The first-order chi connectivity index (χ1) is 14.8. The van der Waals surface area contributed by atoms with Gasteiger partial charge >= 0.3 is 6.03 Å². The van der Waals surface area contributed by atoms with E-state index in [0.717, 1.165) is 34.2 Å². The summed E-state index contributed by atoms with van der Waals surface area (Å²) in [5.74, 6) is 0.615. The molecule has 1 aliphatic rings. The van der Waals surface area contributed by atoms with Gasteiger partial charge in [0.05, 0.1) is 6.26 Å². The minimum absolute atomic E-state index is 0.117. The topological polar surface area (TPSA) is 126 Å². The Morgan fingerprint density at radius 1 is 1.19 bits per heavy atom. The summed E-state index contributed by atoms with van der Waals surface area (Å²) in [6.45, 7) is 5.27. The van der Waals surface area contributed by atoms with Crippen molar-refractivity contribution in [3.8, 4) is 11.5 Å². The van der Waals surface area contributed by atoms with Crippen molar-refractivity contribution < 1.29 is 17.6 Å². The number of amides is 1. The molecule has 12 heteroatoms. The molecule has 0 radical (unpaired) electrons.